The molecule has 0 heterocycles. The van der Waals surface area contributed by atoms with Crippen LogP contribution >= 0.6 is 0 Å². The van der Waals surface area contributed by atoms with E-state index in [9.17, 15) is 24.3 Å². The first-order chi connectivity index (χ1) is 15.4. The van der Waals surface area contributed by atoms with Crippen molar-refractivity contribution in [1.82, 2.24) is 21.3 Å². The molecule has 10 heteroatoms. The lowest BCUT2D eigenvalue weighted by Crippen LogP contribution is -2.58. The molecule has 4 amide bonds. The van der Waals surface area contributed by atoms with Crippen LogP contribution in [0.1, 0.15) is 46.6 Å². The molecule has 1 aromatic rings. The predicted octanol–water partition coefficient (Wildman–Crippen LogP) is 0.958. The first-order valence-corrected chi connectivity index (χ1v) is 11.1. The maximum absolute atomic E-state index is 12.5. The fraction of sp³-hybridized carbons (Fsp3) is 0.565. The molecule has 0 spiro atoms. The number of aliphatic carboxylic acids is 1. The van der Waals surface area contributed by atoms with Gasteiger partial charge >= 0.3 is 12.0 Å². The molecule has 0 saturated carbocycles. The lowest BCUT2D eigenvalue weighted by Gasteiger charge is -2.25. The van der Waals surface area contributed by atoms with E-state index in [1.807, 2.05) is 58.0 Å². The van der Waals surface area contributed by atoms with Gasteiger partial charge in [0, 0.05) is 6.42 Å². The van der Waals surface area contributed by atoms with E-state index in [4.69, 9.17) is 5.73 Å². The second-order valence-electron chi connectivity index (χ2n) is 8.89. The van der Waals surface area contributed by atoms with Crippen molar-refractivity contribution in [1.29, 1.82) is 0 Å². The van der Waals surface area contributed by atoms with E-state index in [-0.39, 0.29) is 18.3 Å². The van der Waals surface area contributed by atoms with Gasteiger partial charge in [-0.2, -0.15) is 0 Å². The predicted molar refractivity (Wildman–Crippen MR) is 125 cm³/mol. The molecule has 1 aromatic carbocycles. The lowest BCUT2D eigenvalue weighted by atomic mass is 10.0. The Bertz CT molecular complexity index is 800. The van der Waals surface area contributed by atoms with E-state index in [1.165, 1.54) is 6.92 Å². The van der Waals surface area contributed by atoms with Gasteiger partial charge in [-0.15, -0.1) is 0 Å². The summed E-state index contributed by atoms with van der Waals surface area (Å²) in [4.78, 5) is 48.7. The Hall–Kier alpha value is -3.14. The van der Waals surface area contributed by atoms with Crippen LogP contribution in [0.25, 0.3) is 0 Å². The Kier molecular flexibility index (Phi) is 11.3. The summed E-state index contributed by atoms with van der Waals surface area (Å²) in [6, 6.07) is 5.79. The fourth-order valence-corrected chi connectivity index (χ4v) is 3.01. The van der Waals surface area contributed by atoms with Crippen molar-refractivity contribution in [3.05, 3.63) is 35.9 Å². The molecule has 0 saturated heterocycles. The van der Waals surface area contributed by atoms with Crippen LogP contribution in [0, 0.1) is 11.8 Å². The highest BCUT2D eigenvalue weighted by atomic mass is 16.4. The van der Waals surface area contributed by atoms with E-state index in [0.717, 1.165) is 5.56 Å². The molecule has 0 aliphatic heterocycles. The van der Waals surface area contributed by atoms with E-state index in [0.29, 0.717) is 6.42 Å². The fourth-order valence-electron chi connectivity index (χ4n) is 3.01. The minimum atomic E-state index is -1.14. The highest BCUT2D eigenvalue weighted by molar-refractivity contribution is 5.90. The van der Waals surface area contributed by atoms with Gasteiger partial charge in [-0.05, 0) is 30.7 Å². The van der Waals surface area contributed by atoms with Gasteiger partial charge in [-0.25, -0.2) is 9.59 Å². The number of carboxylic acids is 1. The van der Waals surface area contributed by atoms with E-state index < -0.39 is 48.1 Å². The lowest BCUT2D eigenvalue weighted by molar-refractivity contribution is -0.142. The van der Waals surface area contributed by atoms with Gasteiger partial charge in [0.15, 0.2) is 0 Å². The number of hydrogen-bond donors (Lipinski definition) is 6. The molecular formula is C23H37N5O5. The zero-order valence-corrected chi connectivity index (χ0v) is 19.9. The zero-order chi connectivity index (χ0) is 25.1. The van der Waals surface area contributed by atoms with Crippen LogP contribution in [0.15, 0.2) is 30.3 Å². The number of rotatable bonds is 12. The molecule has 184 valence electrons. The average molecular weight is 464 g/mol. The second-order valence-corrected chi connectivity index (χ2v) is 8.89. The van der Waals surface area contributed by atoms with Crippen LogP contribution in [-0.4, -0.2) is 53.2 Å². The molecule has 0 aliphatic carbocycles. The molecule has 0 unspecified atom stereocenters. The largest absolute Gasteiger partial charge is 0.480 e. The third-order valence-electron chi connectivity index (χ3n) is 4.99. The SMILES string of the molecule is CC(C)C[C@H](NC(=O)[C@H](C)NC(=O)N[C@@H](Cc1ccccc1)NC(=O)[C@@H](N)C(C)C)C(=O)O. The van der Waals surface area contributed by atoms with E-state index in [1.54, 1.807) is 0 Å². The average Bonchev–Trinajstić information content (AvgIpc) is 2.72. The third kappa shape index (κ3) is 10.3. The molecule has 0 aromatic heterocycles. The van der Waals surface area contributed by atoms with Gasteiger partial charge in [0.2, 0.25) is 11.8 Å². The highest BCUT2D eigenvalue weighted by Gasteiger charge is 2.26. The number of carbonyl (C=O) groups is 4. The molecule has 0 bridgehead atoms. The van der Waals surface area contributed by atoms with Gasteiger partial charge < -0.3 is 32.1 Å². The normalized spacial score (nSPS) is 14.7. The number of nitrogens with two attached hydrogens (primary N) is 1. The Morgan fingerprint density at radius 2 is 1.48 bits per heavy atom. The first kappa shape index (κ1) is 27.9. The summed E-state index contributed by atoms with van der Waals surface area (Å²) >= 11 is 0. The van der Waals surface area contributed by atoms with Crippen molar-refractivity contribution < 1.29 is 24.3 Å². The van der Waals surface area contributed by atoms with Crippen molar-refractivity contribution in [2.75, 3.05) is 0 Å². The van der Waals surface area contributed by atoms with Gasteiger partial charge in [-0.1, -0.05) is 58.0 Å². The summed E-state index contributed by atoms with van der Waals surface area (Å²) in [5.74, 6) is -2.19. The smallest absolute Gasteiger partial charge is 0.326 e. The van der Waals surface area contributed by atoms with E-state index >= 15 is 0 Å². The van der Waals surface area contributed by atoms with E-state index in [2.05, 4.69) is 21.3 Å². The number of carboxylic acid groups (broad SMARTS) is 1. The zero-order valence-electron chi connectivity index (χ0n) is 19.9. The Labute approximate surface area is 195 Å². The molecule has 7 N–H and O–H groups in total. The highest BCUT2D eigenvalue weighted by Crippen LogP contribution is 2.06. The maximum Gasteiger partial charge on any atom is 0.326 e. The van der Waals surface area contributed by atoms with Crippen molar-refractivity contribution >= 4 is 23.8 Å². The molecular weight excluding hydrogens is 426 g/mol. The Balaban J connectivity index is 2.79. The van der Waals surface area contributed by atoms with Crippen LogP contribution in [0.5, 0.6) is 0 Å². The molecule has 4 atom stereocenters. The standard InChI is InChI=1S/C23H37N5O5/c1-13(2)11-17(22(31)32)26-20(29)15(5)25-23(33)28-18(12-16-9-7-6-8-10-16)27-21(30)19(24)14(3)4/h6-10,13-15,17-19H,11-12,24H2,1-5H3,(H,26,29)(H,27,30)(H,31,32)(H2,25,28,33)/t15-,17-,18-,19-/m0/s1. The van der Waals surface area contributed by atoms with Crippen LogP contribution in [-0.2, 0) is 20.8 Å². The molecule has 0 fully saturated rings. The summed E-state index contributed by atoms with van der Waals surface area (Å²) < 4.78 is 0. The number of nitrogens with one attached hydrogen (secondary N) is 4. The Morgan fingerprint density at radius 1 is 0.879 bits per heavy atom. The van der Waals surface area contributed by atoms with Crippen LogP contribution in [0.2, 0.25) is 0 Å². The van der Waals surface area contributed by atoms with Crippen LogP contribution in [0.4, 0.5) is 4.79 Å². The quantitative estimate of drug-likeness (QED) is 0.253. The summed E-state index contributed by atoms with van der Waals surface area (Å²) in [6.07, 6.45) is -0.199. The number of hydrogen-bond acceptors (Lipinski definition) is 5. The number of carbonyl (C=O) groups excluding carboxylic acids is 3. The summed E-state index contributed by atoms with van der Waals surface area (Å²) in [5, 5.41) is 19.6. The molecule has 0 radical (unpaired) electrons. The number of benzene rings is 1. The number of amides is 4. The second kappa shape index (κ2) is 13.4. The van der Waals surface area contributed by atoms with Crippen molar-refractivity contribution in [3.8, 4) is 0 Å². The van der Waals surface area contributed by atoms with Gasteiger partial charge in [0.25, 0.3) is 0 Å². The minimum Gasteiger partial charge on any atom is -0.480 e. The summed E-state index contributed by atoms with van der Waals surface area (Å²) in [6.45, 7) is 8.79. The topological polar surface area (TPSA) is 163 Å². The van der Waals surface area contributed by atoms with Crippen molar-refractivity contribution in [2.24, 2.45) is 17.6 Å². The van der Waals surface area contributed by atoms with Crippen LogP contribution < -0.4 is 27.0 Å². The molecule has 0 aliphatic rings. The van der Waals surface area contributed by atoms with Crippen LogP contribution in [0.3, 0.4) is 0 Å². The molecule has 1 rings (SSSR count). The first-order valence-electron chi connectivity index (χ1n) is 11.1. The monoisotopic (exact) mass is 463 g/mol. The van der Waals surface area contributed by atoms with Gasteiger partial charge in [-0.3, -0.25) is 9.59 Å². The van der Waals surface area contributed by atoms with Crippen molar-refractivity contribution in [3.63, 3.8) is 0 Å². The summed E-state index contributed by atoms with van der Waals surface area (Å²) in [5.41, 5.74) is 6.80. The number of urea groups is 1. The minimum absolute atomic E-state index is 0.0672. The van der Waals surface area contributed by atoms with Gasteiger partial charge in [0.1, 0.15) is 18.2 Å². The van der Waals surface area contributed by atoms with Crippen molar-refractivity contribution in [2.45, 2.75) is 71.8 Å². The molecule has 33 heavy (non-hydrogen) atoms. The molecule has 10 nitrogen and oxygen atoms in total. The van der Waals surface area contributed by atoms with Gasteiger partial charge in [0.05, 0.1) is 6.04 Å². The summed E-state index contributed by atoms with van der Waals surface area (Å²) in [7, 11) is 0. The maximum atomic E-state index is 12.5. The Morgan fingerprint density at radius 3 is 2.00 bits per heavy atom. The third-order valence-corrected chi connectivity index (χ3v) is 4.99.